The molecule has 3 aromatic rings. The van der Waals surface area contributed by atoms with Gasteiger partial charge in [0.25, 0.3) is 11.4 Å². The van der Waals surface area contributed by atoms with E-state index in [1.165, 1.54) is 32.2 Å². The standard InChI is InChI=1S/C21H16ClF4N3O6/c1-10(30)33-11(2)34-19-15(5-4-6-27-19)35-16-8-14(13(23)7-12(16)22)29-18(31)9-17(21(24,25)26)28(3)20(29)32/h4-9,11H,1-3H3. The van der Waals surface area contributed by atoms with Crippen molar-refractivity contribution in [2.24, 2.45) is 7.05 Å². The molecule has 9 nitrogen and oxygen atoms in total. The van der Waals surface area contributed by atoms with E-state index in [2.05, 4.69) is 4.98 Å². The predicted molar refractivity (Wildman–Crippen MR) is 113 cm³/mol. The first-order valence-electron chi connectivity index (χ1n) is 9.66. The summed E-state index contributed by atoms with van der Waals surface area (Å²) in [6, 6.07) is 4.58. The summed E-state index contributed by atoms with van der Waals surface area (Å²) in [6.45, 7) is 2.58. The SMILES string of the molecule is CC(=O)OC(C)Oc1ncccc1Oc1cc(-n2c(=O)cc(C(F)(F)F)n(C)c2=O)c(F)cc1Cl. The first-order chi connectivity index (χ1) is 16.3. The summed E-state index contributed by atoms with van der Waals surface area (Å²) in [4.78, 5) is 40.0. The summed E-state index contributed by atoms with van der Waals surface area (Å²) in [5, 5.41) is -0.300. The number of esters is 1. The maximum atomic E-state index is 14.7. The highest BCUT2D eigenvalue weighted by atomic mass is 35.5. The van der Waals surface area contributed by atoms with E-state index in [4.69, 9.17) is 25.8 Å². The van der Waals surface area contributed by atoms with Crippen molar-refractivity contribution in [2.45, 2.75) is 26.3 Å². The summed E-state index contributed by atoms with van der Waals surface area (Å²) in [6.07, 6.45) is -4.71. The van der Waals surface area contributed by atoms with Crippen molar-refractivity contribution in [1.29, 1.82) is 0 Å². The van der Waals surface area contributed by atoms with Crippen molar-refractivity contribution in [3.8, 4) is 23.1 Å². The zero-order valence-corrected chi connectivity index (χ0v) is 19.0. The number of carbonyl (C=O) groups is 1. The molecule has 0 aliphatic rings. The average Bonchev–Trinajstić information content (AvgIpc) is 2.73. The van der Waals surface area contributed by atoms with E-state index in [9.17, 15) is 31.9 Å². The van der Waals surface area contributed by atoms with Gasteiger partial charge < -0.3 is 14.2 Å². The van der Waals surface area contributed by atoms with Gasteiger partial charge in [-0.25, -0.2) is 18.7 Å². The summed E-state index contributed by atoms with van der Waals surface area (Å²) in [5.74, 6) is -2.29. The van der Waals surface area contributed by atoms with Gasteiger partial charge in [-0.1, -0.05) is 11.6 Å². The molecule has 186 valence electrons. The molecule has 2 aromatic heterocycles. The Bertz CT molecular complexity index is 1400. The van der Waals surface area contributed by atoms with Crippen molar-refractivity contribution in [2.75, 3.05) is 0 Å². The number of carbonyl (C=O) groups excluding carboxylic acids is 1. The van der Waals surface area contributed by atoms with Gasteiger partial charge in [-0.2, -0.15) is 13.2 Å². The summed E-state index contributed by atoms with van der Waals surface area (Å²) >= 11 is 6.05. The average molecular weight is 518 g/mol. The van der Waals surface area contributed by atoms with Crippen LogP contribution in [0.4, 0.5) is 17.6 Å². The second-order valence-electron chi connectivity index (χ2n) is 6.98. The van der Waals surface area contributed by atoms with Crippen LogP contribution in [0.1, 0.15) is 19.5 Å². The van der Waals surface area contributed by atoms with Crippen LogP contribution in [0.25, 0.3) is 5.69 Å². The molecule has 0 fully saturated rings. The molecule has 1 aromatic carbocycles. The topological polar surface area (TPSA) is 102 Å². The van der Waals surface area contributed by atoms with E-state index < -0.39 is 46.9 Å². The zero-order valence-electron chi connectivity index (χ0n) is 18.2. The number of alkyl halides is 3. The van der Waals surface area contributed by atoms with Gasteiger partial charge in [0.15, 0.2) is 5.75 Å². The predicted octanol–water partition coefficient (Wildman–Crippen LogP) is 3.82. The van der Waals surface area contributed by atoms with E-state index in [1.54, 1.807) is 0 Å². The van der Waals surface area contributed by atoms with Crippen LogP contribution in [0.2, 0.25) is 5.02 Å². The summed E-state index contributed by atoms with van der Waals surface area (Å²) in [5.41, 5.74) is -5.08. The van der Waals surface area contributed by atoms with Crippen molar-refractivity contribution in [3.05, 3.63) is 73.9 Å². The Balaban J connectivity index is 2.08. The van der Waals surface area contributed by atoms with Crippen LogP contribution in [0, 0.1) is 5.82 Å². The highest BCUT2D eigenvalue weighted by molar-refractivity contribution is 6.32. The largest absolute Gasteiger partial charge is 0.450 e. The van der Waals surface area contributed by atoms with Crippen LogP contribution in [0.5, 0.6) is 17.4 Å². The van der Waals surface area contributed by atoms with E-state index in [1.807, 2.05) is 0 Å². The van der Waals surface area contributed by atoms with Crippen LogP contribution in [0.15, 0.2) is 46.1 Å². The van der Waals surface area contributed by atoms with Gasteiger partial charge in [-0.3, -0.25) is 14.2 Å². The lowest BCUT2D eigenvalue weighted by molar-refractivity contribution is -0.158. The molecule has 2 heterocycles. The molecule has 0 amide bonds. The smallest absolute Gasteiger partial charge is 0.431 e. The number of ether oxygens (including phenoxy) is 3. The first-order valence-corrected chi connectivity index (χ1v) is 10.0. The molecule has 3 rings (SSSR count). The minimum absolute atomic E-state index is 0.0707. The summed E-state index contributed by atoms with van der Waals surface area (Å²) < 4.78 is 70.3. The van der Waals surface area contributed by atoms with Crippen LogP contribution >= 0.6 is 11.6 Å². The van der Waals surface area contributed by atoms with Crippen LogP contribution in [-0.4, -0.2) is 26.4 Å². The molecule has 0 saturated heterocycles. The second kappa shape index (κ2) is 9.78. The first kappa shape index (κ1) is 25.7. The number of nitrogens with zero attached hydrogens (tertiary/aromatic N) is 3. The number of hydrogen-bond acceptors (Lipinski definition) is 7. The van der Waals surface area contributed by atoms with Gasteiger partial charge in [0.2, 0.25) is 6.29 Å². The lowest BCUT2D eigenvalue weighted by Gasteiger charge is -2.17. The lowest BCUT2D eigenvalue weighted by Crippen LogP contribution is -2.41. The molecule has 14 heteroatoms. The minimum atomic E-state index is -4.99. The quantitative estimate of drug-likeness (QED) is 0.278. The molecule has 0 aliphatic carbocycles. The number of aromatic nitrogens is 3. The fraction of sp³-hybridized carbons (Fsp3) is 0.238. The highest BCUT2D eigenvalue weighted by Crippen LogP contribution is 2.36. The van der Waals surface area contributed by atoms with Gasteiger partial charge in [-0.05, 0) is 18.2 Å². The van der Waals surface area contributed by atoms with Gasteiger partial charge in [-0.15, -0.1) is 0 Å². The fourth-order valence-corrected chi connectivity index (χ4v) is 3.15. The van der Waals surface area contributed by atoms with E-state index in [0.29, 0.717) is 6.07 Å². The highest BCUT2D eigenvalue weighted by Gasteiger charge is 2.35. The van der Waals surface area contributed by atoms with Crippen LogP contribution in [0.3, 0.4) is 0 Å². The molecule has 0 bridgehead atoms. The van der Waals surface area contributed by atoms with Crippen molar-refractivity contribution in [3.63, 3.8) is 0 Å². The Labute approximate surface area is 199 Å². The third-order valence-corrected chi connectivity index (χ3v) is 4.71. The van der Waals surface area contributed by atoms with E-state index in [-0.39, 0.29) is 37.6 Å². The molecule has 0 saturated carbocycles. The molecule has 0 N–H and O–H groups in total. The third kappa shape index (κ3) is 5.62. The number of halogens is 5. The van der Waals surface area contributed by atoms with Gasteiger partial charge in [0.05, 0.1) is 10.7 Å². The Morgan fingerprint density at radius 1 is 1.17 bits per heavy atom. The van der Waals surface area contributed by atoms with Crippen molar-refractivity contribution < 1.29 is 36.6 Å². The van der Waals surface area contributed by atoms with E-state index >= 15 is 0 Å². The minimum Gasteiger partial charge on any atom is -0.450 e. The molecular weight excluding hydrogens is 502 g/mol. The Morgan fingerprint density at radius 3 is 2.49 bits per heavy atom. The normalized spacial score (nSPS) is 12.2. The maximum absolute atomic E-state index is 14.7. The van der Waals surface area contributed by atoms with Gasteiger partial charge >= 0.3 is 17.8 Å². The molecular formula is C21H16ClF4N3O6. The fourth-order valence-electron chi connectivity index (χ4n) is 2.96. The molecule has 1 atom stereocenters. The van der Waals surface area contributed by atoms with Crippen LogP contribution < -0.4 is 20.7 Å². The zero-order chi connectivity index (χ0) is 26.1. The molecule has 0 radical (unpaired) electrons. The number of pyridine rings is 1. The molecule has 35 heavy (non-hydrogen) atoms. The number of benzene rings is 1. The number of hydrogen-bond donors (Lipinski definition) is 0. The van der Waals surface area contributed by atoms with Gasteiger partial charge in [0, 0.05) is 39.2 Å². The molecule has 0 spiro atoms. The van der Waals surface area contributed by atoms with Gasteiger partial charge in [0.1, 0.15) is 17.3 Å². The molecule has 0 aliphatic heterocycles. The Kier molecular flexibility index (Phi) is 7.19. The van der Waals surface area contributed by atoms with E-state index in [0.717, 1.165) is 13.1 Å². The monoisotopic (exact) mass is 517 g/mol. The van der Waals surface area contributed by atoms with Crippen LogP contribution in [-0.2, 0) is 22.8 Å². The lowest BCUT2D eigenvalue weighted by atomic mass is 10.2. The Morgan fingerprint density at radius 2 is 1.86 bits per heavy atom. The Hall–Kier alpha value is -3.87. The van der Waals surface area contributed by atoms with Crippen molar-refractivity contribution in [1.82, 2.24) is 14.1 Å². The second-order valence-corrected chi connectivity index (χ2v) is 7.39. The van der Waals surface area contributed by atoms with Crippen molar-refractivity contribution >= 4 is 17.6 Å². The maximum Gasteiger partial charge on any atom is 0.431 e. The summed E-state index contributed by atoms with van der Waals surface area (Å²) in [7, 11) is 0.788. The third-order valence-electron chi connectivity index (χ3n) is 4.42. The molecule has 1 unspecified atom stereocenters. The number of rotatable bonds is 6.